The molecule has 0 aromatic carbocycles. The molecule has 1 aromatic heterocycles. The van der Waals surface area contributed by atoms with Crippen LogP contribution in [0.2, 0.25) is 0 Å². The Morgan fingerprint density at radius 2 is 2.62 bits per heavy atom. The van der Waals surface area contributed by atoms with Crippen LogP contribution < -0.4 is 5.32 Å². The van der Waals surface area contributed by atoms with Crippen molar-refractivity contribution in [3.05, 3.63) is 21.9 Å². The van der Waals surface area contributed by atoms with E-state index in [-0.39, 0.29) is 0 Å². The summed E-state index contributed by atoms with van der Waals surface area (Å²) in [6.45, 7) is 5.02. The molecule has 1 saturated heterocycles. The van der Waals surface area contributed by atoms with Gasteiger partial charge in [0.2, 0.25) is 0 Å². The molecule has 1 atom stereocenters. The summed E-state index contributed by atoms with van der Waals surface area (Å²) in [5, 5.41) is 5.50. The van der Waals surface area contributed by atoms with Crippen molar-refractivity contribution in [1.29, 1.82) is 0 Å². The van der Waals surface area contributed by atoms with Crippen LogP contribution in [-0.4, -0.2) is 25.8 Å². The molecule has 1 aliphatic heterocycles. The fourth-order valence-corrected chi connectivity index (χ4v) is 2.54. The molecular weight excluding hydrogens is 182 g/mol. The molecule has 1 fully saturated rings. The topological polar surface area (TPSA) is 21.3 Å². The second-order valence-corrected chi connectivity index (χ2v) is 4.43. The largest absolute Gasteiger partial charge is 0.375 e. The van der Waals surface area contributed by atoms with E-state index in [4.69, 9.17) is 4.74 Å². The Balaban J connectivity index is 1.93. The molecule has 13 heavy (non-hydrogen) atoms. The van der Waals surface area contributed by atoms with Gasteiger partial charge in [0.1, 0.15) is 0 Å². The maximum atomic E-state index is 5.65. The zero-order valence-electron chi connectivity index (χ0n) is 7.88. The van der Waals surface area contributed by atoms with Gasteiger partial charge in [-0.15, -0.1) is 11.3 Å². The Hall–Kier alpha value is -0.380. The molecule has 0 aliphatic carbocycles. The first-order valence-electron chi connectivity index (χ1n) is 4.71. The van der Waals surface area contributed by atoms with Crippen LogP contribution in [0.3, 0.4) is 0 Å². The third-order valence-electron chi connectivity index (χ3n) is 2.39. The first-order chi connectivity index (χ1) is 6.36. The Morgan fingerprint density at radius 3 is 3.23 bits per heavy atom. The van der Waals surface area contributed by atoms with Gasteiger partial charge in [-0.25, -0.2) is 0 Å². The zero-order chi connectivity index (χ0) is 9.10. The van der Waals surface area contributed by atoms with Crippen LogP contribution in [0.4, 0.5) is 0 Å². The van der Waals surface area contributed by atoms with Gasteiger partial charge in [-0.2, -0.15) is 0 Å². The molecule has 72 valence electrons. The molecule has 2 nitrogen and oxygen atoms in total. The van der Waals surface area contributed by atoms with E-state index in [1.165, 1.54) is 10.4 Å². The number of rotatable bonds is 2. The van der Waals surface area contributed by atoms with E-state index in [9.17, 15) is 0 Å². The van der Waals surface area contributed by atoms with Crippen molar-refractivity contribution in [2.45, 2.75) is 19.4 Å². The lowest BCUT2D eigenvalue weighted by Gasteiger charge is -2.23. The molecule has 2 heterocycles. The van der Waals surface area contributed by atoms with Gasteiger partial charge in [-0.1, -0.05) is 0 Å². The highest BCUT2D eigenvalue weighted by Crippen LogP contribution is 2.18. The van der Waals surface area contributed by atoms with Crippen LogP contribution >= 0.6 is 11.3 Å². The van der Waals surface area contributed by atoms with Gasteiger partial charge in [-0.05, 0) is 23.9 Å². The minimum Gasteiger partial charge on any atom is -0.375 e. The van der Waals surface area contributed by atoms with Crippen molar-refractivity contribution >= 4 is 11.3 Å². The lowest BCUT2D eigenvalue weighted by molar-refractivity contribution is 0.0296. The Bertz CT molecular complexity index is 266. The van der Waals surface area contributed by atoms with E-state index in [2.05, 4.69) is 23.7 Å². The smallest absolute Gasteiger partial charge is 0.0748 e. The summed E-state index contributed by atoms with van der Waals surface area (Å²) in [6, 6.07) is 2.18. The number of hydrogen-bond acceptors (Lipinski definition) is 3. The van der Waals surface area contributed by atoms with Gasteiger partial charge in [0.25, 0.3) is 0 Å². The van der Waals surface area contributed by atoms with E-state index >= 15 is 0 Å². The molecule has 0 saturated carbocycles. The number of nitrogens with one attached hydrogen (secondary N) is 1. The third-order valence-corrected chi connectivity index (χ3v) is 3.43. The minimum atomic E-state index is 0.381. The molecular formula is C10H15NOS. The monoisotopic (exact) mass is 197 g/mol. The van der Waals surface area contributed by atoms with Crippen LogP contribution in [0.25, 0.3) is 0 Å². The number of thiophene rings is 1. The van der Waals surface area contributed by atoms with Crippen molar-refractivity contribution in [3.63, 3.8) is 0 Å². The van der Waals surface area contributed by atoms with E-state index in [0.717, 1.165) is 26.1 Å². The molecule has 2 rings (SSSR count). The number of aryl methyl sites for hydroxylation is 1. The van der Waals surface area contributed by atoms with E-state index in [0.29, 0.717) is 6.10 Å². The first kappa shape index (κ1) is 9.19. The van der Waals surface area contributed by atoms with Gasteiger partial charge in [0.05, 0.1) is 12.7 Å². The van der Waals surface area contributed by atoms with Gasteiger partial charge in [0, 0.05) is 24.4 Å². The Labute approximate surface area is 82.9 Å². The van der Waals surface area contributed by atoms with Crippen molar-refractivity contribution < 1.29 is 4.74 Å². The fourth-order valence-electron chi connectivity index (χ4n) is 1.57. The standard InChI is InChI=1S/C10H15NOS/c1-8-2-5-13-10(8)6-9-7-11-3-4-12-9/h2,5,9,11H,3-4,6-7H2,1H3. The first-order valence-corrected chi connectivity index (χ1v) is 5.59. The SMILES string of the molecule is Cc1ccsc1CC1CNCCO1. The van der Waals surface area contributed by atoms with E-state index in [1.807, 2.05) is 11.3 Å². The van der Waals surface area contributed by atoms with Gasteiger partial charge < -0.3 is 10.1 Å². The predicted octanol–water partition coefficient (Wildman–Crippen LogP) is 1.59. The average Bonchev–Trinajstić information content (AvgIpc) is 2.54. The summed E-state index contributed by atoms with van der Waals surface area (Å²) >= 11 is 1.84. The van der Waals surface area contributed by atoms with E-state index in [1.54, 1.807) is 0 Å². The van der Waals surface area contributed by atoms with Crippen LogP contribution in [0, 0.1) is 6.92 Å². The Kier molecular flexibility index (Phi) is 2.98. The van der Waals surface area contributed by atoms with Crippen molar-refractivity contribution in [2.24, 2.45) is 0 Å². The summed E-state index contributed by atoms with van der Waals surface area (Å²) < 4.78 is 5.65. The fraction of sp³-hybridized carbons (Fsp3) is 0.600. The summed E-state index contributed by atoms with van der Waals surface area (Å²) in [5.74, 6) is 0. The molecule has 1 N–H and O–H groups in total. The van der Waals surface area contributed by atoms with Crippen LogP contribution in [0.5, 0.6) is 0 Å². The minimum absolute atomic E-state index is 0.381. The summed E-state index contributed by atoms with van der Waals surface area (Å²) in [7, 11) is 0. The van der Waals surface area contributed by atoms with Crippen molar-refractivity contribution in [3.8, 4) is 0 Å². The highest BCUT2D eigenvalue weighted by molar-refractivity contribution is 7.10. The van der Waals surface area contributed by atoms with Crippen molar-refractivity contribution in [2.75, 3.05) is 19.7 Å². The molecule has 0 radical (unpaired) electrons. The quantitative estimate of drug-likeness (QED) is 0.777. The summed E-state index contributed by atoms with van der Waals surface area (Å²) in [5.41, 5.74) is 1.40. The lowest BCUT2D eigenvalue weighted by Crippen LogP contribution is -2.39. The maximum absolute atomic E-state index is 5.65. The average molecular weight is 197 g/mol. The summed E-state index contributed by atoms with van der Waals surface area (Å²) in [4.78, 5) is 1.47. The van der Waals surface area contributed by atoms with Crippen molar-refractivity contribution in [1.82, 2.24) is 5.32 Å². The number of hydrogen-bond donors (Lipinski definition) is 1. The molecule has 0 bridgehead atoms. The second-order valence-electron chi connectivity index (χ2n) is 3.43. The van der Waals surface area contributed by atoms with Crippen LogP contribution in [0.1, 0.15) is 10.4 Å². The number of ether oxygens (including phenoxy) is 1. The van der Waals surface area contributed by atoms with E-state index < -0.39 is 0 Å². The molecule has 0 spiro atoms. The zero-order valence-corrected chi connectivity index (χ0v) is 8.69. The third kappa shape index (κ3) is 2.30. The van der Waals surface area contributed by atoms with Crippen LogP contribution in [-0.2, 0) is 11.2 Å². The van der Waals surface area contributed by atoms with Gasteiger partial charge in [-0.3, -0.25) is 0 Å². The van der Waals surface area contributed by atoms with Gasteiger partial charge >= 0.3 is 0 Å². The molecule has 1 aromatic rings. The highest BCUT2D eigenvalue weighted by atomic mass is 32.1. The predicted molar refractivity (Wildman–Crippen MR) is 55.4 cm³/mol. The molecule has 1 unspecified atom stereocenters. The van der Waals surface area contributed by atoms with Crippen LogP contribution in [0.15, 0.2) is 11.4 Å². The molecule has 0 amide bonds. The summed E-state index contributed by atoms with van der Waals surface area (Å²) in [6.07, 6.45) is 1.45. The molecule has 1 aliphatic rings. The van der Waals surface area contributed by atoms with Gasteiger partial charge in [0.15, 0.2) is 0 Å². The second kappa shape index (κ2) is 4.22. The molecule has 3 heteroatoms. The maximum Gasteiger partial charge on any atom is 0.0748 e. The highest BCUT2D eigenvalue weighted by Gasteiger charge is 2.15. The Morgan fingerprint density at radius 1 is 1.69 bits per heavy atom. The normalized spacial score (nSPS) is 23.3. The lowest BCUT2D eigenvalue weighted by atomic mass is 10.1. The number of morpholine rings is 1.